The summed E-state index contributed by atoms with van der Waals surface area (Å²) in [6.07, 6.45) is 3.71. The van der Waals surface area contributed by atoms with E-state index in [1.807, 2.05) is 153 Å². The van der Waals surface area contributed by atoms with E-state index in [0.717, 1.165) is 154 Å². The van der Waals surface area contributed by atoms with Crippen molar-refractivity contribution in [1.82, 2.24) is 21.3 Å². The first kappa shape index (κ1) is 95.1. The van der Waals surface area contributed by atoms with Gasteiger partial charge < -0.3 is 79.6 Å². The van der Waals surface area contributed by atoms with Crippen molar-refractivity contribution in [2.75, 3.05) is 78.8 Å². The van der Waals surface area contributed by atoms with Crippen molar-refractivity contribution < 1.29 is 81.9 Å². The van der Waals surface area contributed by atoms with Gasteiger partial charge in [-0.05, 0) is 279 Å². The topological polar surface area (TPSA) is 271 Å². The summed E-state index contributed by atoms with van der Waals surface area (Å²) in [4.78, 5) is 54.9. The molecule has 4 aromatic heterocycles. The number of halogens is 1. The molecule has 12 aromatic carbocycles. The lowest BCUT2D eigenvalue weighted by molar-refractivity contribution is 0.102. The zero-order valence-corrected chi connectivity index (χ0v) is 76.8. The van der Waals surface area contributed by atoms with Crippen LogP contribution in [0.25, 0.3) is 40.3 Å². The molecule has 0 bridgehead atoms. The third kappa shape index (κ3) is 26.0. The van der Waals surface area contributed by atoms with E-state index < -0.39 is 11.6 Å². The lowest BCUT2D eigenvalue weighted by Gasteiger charge is -2.10. The minimum absolute atomic E-state index is 0.0283. The van der Waals surface area contributed by atoms with Gasteiger partial charge in [0.2, 0.25) is 23.1 Å². The molecule has 4 heterocycles. The number of ether oxygens (including phenoxy) is 8. The second-order valence-corrected chi connectivity index (χ2v) is 34.3. The van der Waals surface area contributed by atoms with Crippen molar-refractivity contribution >= 4 is 109 Å². The van der Waals surface area contributed by atoms with Crippen LogP contribution in [0.3, 0.4) is 0 Å². The van der Waals surface area contributed by atoms with Crippen LogP contribution in [0, 0.1) is 19.7 Å². The second-order valence-electron chi connectivity index (χ2n) is 30.1. The Bertz CT molecular complexity index is 6280. The Morgan fingerprint density at radius 2 is 0.565 bits per heavy atom. The van der Waals surface area contributed by atoms with Crippen molar-refractivity contribution in [3.8, 4) is 92.0 Å². The minimum Gasteiger partial charge on any atom is -0.508 e. The molecule has 25 heteroatoms. The highest BCUT2D eigenvalue weighted by atomic mass is 32.1. The van der Waals surface area contributed by atoms with Crippen LogP contribution < -0.4 is 59.2 Å². The fourth-order valence-corrected chi connectivity index (χ4v) is 18.2. The maximum absolute atomic E-state index is 14.3. The molecule has 16 aromatic rings. The summed E-state index contributed by atoms with van der Waals surface area (Å²) in [5.41, 5.74) is 3.80. The predicted molar refractivity (Wildman–Crippen MR) is 524 cm³/mol. The van der Waals surface area contributed by atoms with Crippen LogP contribution in [0.5, 0.6) is 92.0 Å². The number of fused-ring (bicyclic) bond motifs is 4. The summed E-state index contributed by atoms with van der Waals surface area (Å²) in [7, 11) is 0. The van der Waals surface area contributed by atoms with Gasteiger partial charge in [0.15, 0.2) is 23.0 Å². The van der Waals surface area contributed by atoms with Gasteiger partial charge in [-0.3, -0.25) is 19.2 Å². The normalized spacial score (nSPS) is 11.0. The number of hydrogen-bond acceptors (Lipinski definition) is 24. The molecule has 0 atom stereocenters. The molecule has 0 radical (unpaired) electrons. The molecule has 131 heavy (non-hydrogen) atoms. The molecule has 0 aliphatic rings. The molecule has 16 rings (SSSR count). The average Bonchev–Trinajstić information content (AvgIpc) is 1.65. The van der Waals surface area contributed by atoms with E-state index >= 15 is 0 Å². The van der Waals surface area contributed by atoms with Gasteiger partial charge in [-0.1, -0.05) is 124 Å². The maximum Gasteiger partial charge on any atom is 0.209 e. The number of ketones is 4. The van der Waals surface area contributed by atoms with E-state index in [0.29, 0.717) is 114 Å². The fourth-order valence-electron chi connectivity index (χ4n) is 13.7. The number of carbonyl (C=O) groups is 4. The average molecular weight is 1840 g/mol. The molecule has 8 N–H and O–H groups in total. The van der Waals surface area contributed by atoms with E-state index in [-0.39, 0.29) is 50.8 Å². The molecule has 0 spiro atoms. The van der Waals surface area contributed by atoms with Crippen LogP contribution in [0.1, 0.15) is 125 Å². The first-order valence-electron chi connectivity index (χ1n) is 43.4. The van der Waals surface area contributed by atoms with Gasteiger partial charge in [-0.15, -0.1) is 45.3 Å². The molecule has 0 saturated heterocycles. The lowest BCUT2D eigenvalue weighted by atomic mass is 10.0. The maximum atomic E-state index is 14.3. The molecule has 0 unspecified atom stereocenters. The number of hydrogen-bond donors (Lipinski definition) is 8. The van der Waals surface area contributed by atoms with E-state index in [1.165, 1.54) is 58.3 Å². The largest absolute Gasteiger partial charge is 0.508 e. The zero-order chi connectivity index (χ0) is 92.0. The highest BCUT2D eigenvalue weighted by Crippen LogP contribution is 2.48. The van der Waals surface area contributed by atoms with E-state index in [4.69, 9.17) is 37.9 Å². The monoisotopic (exact) mass is 1830 g/mol. The first-order valence-corrected chi connectivity index (χ1v) is 46.7. The summed E-state index contributed by atoms with van der Waals surface area (Å²) < 4.78 is 65.2. The number of phenolic OH excluding ortho intramolecular Hbond substituents is 4. The molecule has 20 nitrogen and oxygen atoms in total. The number of phenols is 4. The van der Waals surface area contributed by atoms with Crippen LogP contribution in [-0.2, 0) is 0 Å². The van der Waals surface area contributed by atoms with Gasteiger partial charge >= 0.3 is 0 Å². The van der Waals surface area contributed by atoms with Crippen molar-refractivity contribution in [2.24, 2.45) is 0 Å². The number of nitrogens with one attached hydrogen (secondary N) is 4. The van der Waals surface area contributed by atoms with Gasteiger partial charge in [-0.2, -0.15) is 0 Å². The SMILES string of the molecule is CCNCCCOc1ccc(Oc2c(C(=O)c3ccc(C)cc3)sc3cc(O)ccc23)cc1.CCNCCCOc1ccc(Oc2c(C(=O)c3ccccc3)sc3cc(O)ccc23)cc1.CCNCCCOc1ccc(Oc2c(C(=O)c3ccccc3C)sc3cc(O)ccc23)cc1.CCNCCCOc1ccc(Oc2c(C(=O)c3ccccc3F)sc3cc(O)ccc23)cc1. The van der Waals surface area contributed by atoms with Gasteiger partial charge in [0.25, 0.3) is 0 Å². The van der Waals surface area contributed by atoms with Crippen LogP contribution in [0.2, 0.25) is 0 Å². The van der Waals surface area contributed by atoms with E-state index in [2.05, 4.69) is 49.0 Å². The van der Waals surface area contributed by atoms with Crippen molar-refractivity contribution in [3.63, 3.8) is 0 Å². The molecule has 674 valence electrons. The van der Waals surface area contributed by atoms with Crippen LogP contribution in [-0.4, -0.2) is 122 Å². The number of aromatic hydroxyl groups is 4. The molecular formula is C106H103FN4O16S4. The Hall–Kier alpha value is -13.5. The predicted octanol–water partition coefficient (Wildman–Crippen LogP) is 24.8. The van der Waals surface area contributed by atoms with E-state index in [9.17, 15) is 44.0 Å². The Labute approximate surface area is 776 Å². The molecule has 0 saturated carbocycles. The molecular weight excluding hydrogens is 1730 g/mol. The summed E-state index contributed by atoms with van der Waals surface area (Å²) in [5, 5.41) is 55.7. The summed E-state index contributed by atoms with van der Waals surface area (Å²) >= 11 is 5.12. The molecule has 0 amide bonds. The summed E-state index contributed by atoms with van der Waals surface area (Å²) in [6.45, 7) is 22.2. The summed E-state index contributed by atoms with van der Waals surface area (Å²) in [5.74, 6) is 6.40. The van der Waals surface area contributed by atoms with Gasteiger partial charge in [0, 0.05) is 57.0 Å². The number of carbonyl (C=O) groups excluding carboxylic acids is 4. The van der Waals surface area contributed by atoms with Crippen molar-refractivity contribution in [1.29, 1.82) is 0 Å². The van der Waals surface area contributed by atoms with Crippen molar-refractivity contribution in [2.45, 2.75) is 67.2 Å². The van der Waals surface area contributed by atoms with Crippen LogP contribution >= 0.6 is 45.3 Å². The van der Waals surface area contributed by atoms with Crippen LogP contribution in [0.15, 0.2) is 273 Å². The number of aryl methyl sites for hydroxylation is 2. The Balaban J connectivity index is 0.000000149. The Kier molecular flexibility index (Phi) is 34.7. The minimum atomic E-state index is -0.593. The second kappa shape index (κ2) is 47.7. The summed E-state index contributed by atoms with van der Waals surface area (Å²) in [6, 6.07) is 79.3. The number of thiophene rings is 4. The third-order valence-electron chi connectivity index (χ3n) is 20.4. The smallest absolute Gasteiger partial charge is 0.209 e. The third-order valence-corrected chi connectivity index (χ3v) is 25.0. The fraction of sp³-hybridized carbons (Fsp3) is 0.208. The molecule has 0 aliphatic carbocycles. The van der Waals surface area contributed by atoms with Crippen LogP contribution in [0.4, 0.5) is 4.39 Å². The number of benzene rings is 12. The first-order chi connectivity index (χ1) is 63.8. The Morgan fingerprint density at radius 1 is 0.298 bits per heavy atom. The van der Waals surface area contributed by atoms with Gasteiger partial charge in [0.1, 0.15) is 94.3 Å². The van der Waals surface area contributed by atoms with E-state index in [1.54, 1.807) is 109 Å². The molecule has 0 aliphatic heterocycles. The Morgan fingerprint density at radius 3 is 0.870 bits per heavy atom. The van der Waals surface area contributed by atoms with Crippen molar-refractivity contribution in [3.05, 3.63) is 332 Å². The highest BCUT2D eigenvalue weighted by Gasteiger charge is 2.29. The highest BCUT2D eigenvalue weighted by molar-refractivity contribution is 7.22. The zero-order valence-electron chi connectivity index (χ0n) is 73.5. The standard InChI is InChI=1S/2C27H27NO4S.C26H24FNO4S.C26H25NO4S/c1-3-28-15-4-16-31-21-10-12-22(13-11-21)32-26-23-14-9-20(29)17-24(23)33-27(26)25(30)19-7-5-18(2)6-8-19;1-3-28-15-6-16-31-20-10-12-21(13-11-20)32-26-23-14-9-19(29)17-24(23)33-27(26)25(30)22-8-5-4-7-18(22)2;1-2-28-14-5-15-31-18-9-11-19(12-10-18)32-25-21-13-8-17(29)16-23(21)33-26(25)24(30)20-6-3-4-7-22(20)27;1-2-27-15-6-16-30-20-10-12-21(13-11-20)31-25-22-14-9-19(28)17-23(22)32-26(25)24(29)18-7-4-3-5-8-18/h5-14,17,28-29H,3-4,15-16H2,1-2H3;4-5,7-14,17,28-29H,3,6,15-16H2,1-2H3;3-4,6-13,16,28-29H,2,5,14-15H2,1H3;3-5,7-14,17,27-28H,2,6,15-16H2,1H3. The van der Waals surface area contributed by atoms with Gasteiger partial charge in [0.05, 0.1) is 32.0 Å². The molecule has 0 fully saturated rings. The van der Waals surface area contributed by atoms with Gasteiger partial charge in [-0.25, -0.2) is 4.39 Å². The quantitative estimate of drug-likeness (QED) is 0.0131. The lowest BCUT2D eigenvalue weighted by Crippen LogP contribution is -2.16. The number of rotatable bonds is 40.